The smallest absolute Gasteiger partial charge is 0.267 e. The quantitative estimate of drug-likeness (QED) is 0.533. The van der Waals surface area contributed by atoms with Gasteiger partial charge < -0.3 is 21.1 Å². The molecule has 0 unspecified atom stereocenters. The molecule has 0 saturated carbocycles. The van der Waals surface area contributed by atoms with Crippen LogP contribution in [0.1, 0.15) is 0 Å². The molecule has 122 valence electrons. The Labute approximate surface area is 135 Å². The molecule has 1 fully saturated rings. The second kappa shape index (κ2) is 8.17. The van der Waals surface area contributed by atoms with Crippen molar-refractivity contribution in [3.8, 4) is 11.8 Å². The van der Waals surface area contributed by atoms with E-state index in [-0.39, 0.29) is 11.3 Å². The Hall–Kier alpha value is -2.56. The fourth-order valence-electron chi connectivity index (χ4n) is 2.40. The van der Waals surface area contributed by atoms with E-state index in [1.165, 1.54) is 12.1 Å². The van der Waals surface area contributed by atoms with Gasteiger partial charge in [0.1, 0.15) is 17.4 Å². The number of carbonyl (C=O) groups excluding carboxylic acids is 1. The number of phenols is 1. The van der Waals surface area contributed by atoms with Crippen molar-refractivity contribution in [3.63, 3.8) is 0 Å². The van der Waals surface area contributed by atoms with Crippen LogP contribution in [0.25, 0.3) is 0 Å². The molecule has 1 aliphatic heterocycles. The van der Waals surface area contributed by atoms with Gasteiger partial charge in [0.15, 0.2) is 0 Å². The molecule has 2 rings (SSSR count). The van der Waals surface area contributed by atoms with Gasteiger partial charge in [-0.05, 0) is 12.1 Å². The summed E-state index contributed by atoms with van der Waals surface area (Å²) in [6.07, 6.45) is 1.60. The Morgan fingerprint density at radius 3 is 2.74 bits per heavy atom. The van der Waals surface area contributed by atoms with E-state index in [9.17, 15) is 15.2 Å². The SMILES string of the molecule is N#C/C(=C/N1CCN(CCN)CC1)C(=O)Nc1cccc(O)c1. The largest absolute Gasteiger partial charge is 0.508 e. The molecular formula is C16H21N5O2. The zero-order valence-electron chi connectivity index (χ0n) is 12.9. The van der Waals surface area contributed by atoms with E-state index >= 15 is 0 Å². The lowest BCUT2D eigenvalue weighted by Gasteiger charge is -2.33. The van der Waals surface area contributed by atoms with Crippen LogP contribution in [0, 0.1) is 11.3 Å². The first-order chi connectivity index (χ1) is 11.1. The number of hydrogen-bond acceptors (Lipinski definition) is 6. The summed E-state index contributed by atoms with van der Waals surface area (Å²) in [7, 11) is 0. The van der Waals surface area contributed by atoms with Crippen LogP contribution in [-0.2, 0) is 4.79 Å². The summed E-state index contributed by atoms with van der Waals surface area (Å²) >= 11 is 0. The van der Waals surface area contributed by atoms with Crippen LogP contribution in [0.4, 0.5) is 5.69 Å². The Bertz CT molecular complexity index is 615. The first-order valence-corrected chi connectivity index (χ1v) is 7.51. The third-order valence-corrected chi connectivity index (χ3v) is 3.63. The Kier molecular flexibility index (Phi) is 5.97. The van der Waals surface area contributed by atoms with E-state index in [4.69, 9.17) is 5.73 Å². The summed E-state index contributed by atoms with van der Waals surface area (Å²) in [4.78, 5) is 16.4. The molecular weight excluding hydrogens is 294 g/mol. The first kappa shape index (κ1) is 16.8. The molecule has 0 aliphatic carbocycles. The second-order valence-electron chi connectivity index (χ2n) is 5.33. The number of nitrogens with zero attached hydrogens (tertiary/aromatic N) is 3. The van der Waals surface area contributed by atoms with Crippen molar-refractivity contribution < 1.29 is 9.90 Å². The lowest BCUT2D eigenvalue weighted by molar-refractivity contribution is -0.112. The average molecular weight is 315 g/mol. The monoisotopic (exact) mass is 315 g/mol. The number of aromatic hydroxyl groups is 1. The number of anilines is 1. The molecule has 0 bridgehead atoms. The van der Waals surface area contributed by atoms with E-state index in [0.717, 1.165) is 32.7 Å². The summed E-state index contributed by atoms with van der Waals surface area (Å²) in [6, 6.07) is 8.15. The molecule has 7 nitrogen and oxygen atoms in total. The van der Waals surface area contributed by atoms with Crippen molar-refractivity contribution in [2.75, 3.05) is 44.6 Å². The zero-order chi connectivity index (χ0) is 16.7. The molecule has 23 heavy (non-hydrogen) atoms. The molecule has 1 aromatic rings. The standard InChI is InChI=1S/C16H21N5O2/c17-4-5-20-6-8-21(9-7-20)12-13(11-18)16(23)19-14-2-1-3-15(22)10-14/h1-3,10,12,22H,4-9,17H2,(H,19,23)/b13-12-. The molecule has 1 amide bonds. The maximum absolute atomic E-state index is 12.2. The summed E-state index contributed by atoms with van der Waals surface area (Å²) in [5.41, 5.74) is 6.03. The van der Waals surface area contributed by atoms with Crippen LogP contribution in [0.5, 0.6) is 5.75 Å². The number of nitrogens with two attached hydrogens (primary N) is 1. The van der Waals surface area contributed by atoms with Crippen molar-refractivity contribution in [2.45, 2.75) is 0 Å². The molecule has 1 aliphatic rings. The van der Waals surface area contributed by atoms with E-state index in [0.29, 0.717) is 12.2 Å². The lowest BCUT2D eigenvalue weighted by atomic mass is 10.2. The van der Waals surface area contributed by atoms with E-state index in [1.807, 2.05) is 11.0 Å². The summed E-state index contributed by atoms with van der Waals surface area (Å²) < 4.78 is 0. The van der Waals surface area contributed by atoms with Gasteiger partial charge in [0.05, 0.1) is 0 Å². The highest BCUT2D eigenvalue weighted by atomic mass is 16.3. The maximum atomic E-state index is 12.2. The normalized spacial score (nSPS) is 16.0. The molecule has 4 N–H and O–H groups in total. The number of benzene rings is 1. The molecule has 1 saturated heterocycles. The predicted molar refractivity (Wildman–Crippen MR) is 87.5 cm³/mol. The molecule has 0 aromatic heterocycles. The van der Waals surface area contributed by atoms with Crippen molar-refractivity contribution in [1.29, 1.82) is 5.26 Å². The average Bonchev–Trinajstić information content (AvgIpc) is 2.54. The fraction of sp³-hybridized carbons (Fsp3) is 0.375. The number of carbonyl (C=O) groups is 1. The van der Waals surface area contributed by atoms with Gasteiger partial charge in [0.25, 0.3) is 5.91 Å². The second-order valence-corrected chi connectivity index (χ2v) is 5.33. The van der Waals surface area contributed by atoms with Crippen molar-refractivity contribution in [2.24, 2.45) is 5.73 Å². The highest BCUT2D eigenvalue weighted by Crippen LogP contribution is 2.16. The first-order valence-electron chi connectivity index (χ1n) is 7.51. The number of nitrogens with one attached hydrogen (secondary N) is 1. The molecule has 1 heterocycles. The molecule has 1 aromatic carbocycles. The topological polar surface area (TPSA) is 106 Å². The van der Waals surface area contributed by atoms with Crippen molar-refractivity contribution >= 4 is 11.6 Å². The van der Waals surface area contributed by atoms with Gasteiger partial charge >= 0.3 is 0 Å². The van der Waals surface area contributed by atoms with Crippen LogP contribution in [0.2, 0.25) is 0 Å². The lowest BCUT2D eigenvalue weighted by Crippen LogP contribution is -2.45. The molecule has 7 heteroatoms. The Morgan fingerprint density at radius 1 is 1.39 bits per heavy atom. The minimum atomic E-state index is -0.484. The number of hydrogen-bond donors (Lipinski definition) is 3. The summed E-state index contributed by atoms with van der Waals surface area (Å²) in [6.45, 7) is 4.72. The van der Waals surface area contributed by atoms with E-state index in [1.54, 1.807) is 18.3 Å². The molecule has 0 spiro atoms. The summed E-state index contributed by atoms with van der Waals surface area (Å²) in [5, 5.41) is 21.2. The van der Waals surface area contributed by atoms with Crippen LogP contribution in [0.15, 0.2) is 36.0 Å². The number of rotatable bonds is 5. The highest BCUT2D eigenvalue weighted by Gasteiger charge is 2.17. The van der Waals surface area contributed by atoms with Gasteiger partial charge in [-0.15, -0.1) is 0 Å². The van der Waals surface area contributed by atoms with Crippen LogP contribution in [0.3, 0.4) is 0 Å². The van der Waals surface area contributed by atoms with Gasteiger partial charge in [0, 0.05) is 57.2 Å². The third-order valence-electron chi connectivity index (χ3n) is 3.63. The number of phenolic OH excluding ortho intramolecular Hbond substituents is 1. The maximum Gasteiger partial charge on any atom is 0.267 e. The van der Waals surface area contributed by atoms with Gasteiger partial charge in [0.2, 0.25) is 0 Å². The van der Waals surface area contributed by atoms with Gasteiger partial charge in [-0.3, -0.25) is 9.69 Å². The number of piperazine rings is 1. The Morgan fingerprint density at radius 2 is 2.13 bits per heavy atom. The van der Waals surface area contributed by atoms with Crippen LogP contribution in [-0.4, -0.2) is 60.1 Å². The van der Waals surface area contributed by atoms with Crippen molar-refractivity contribution in [1.82, 2.24) is 9.80 Å². The van der Waals surface area contributed by atoms with Gasteiger partial charge in [-0.25, -0.2) is 0 Å². The van der Waals surface area contributed by atoms with Gasteiger partial charge in [-0.2, -0.15) is 5.26 Å². The number of amides is 1. The number of nitriles is 1. The summed E-state index contributed by atoms with van der Waals surface area (Å²) in [5.74, 6) is -0.427. The fourth-order valence-corrected chi connectivity index (χ4v) is 2.40. The molecule has 0 atom stereocenters. The van der Waals surface area contributed by atoms with Crippen LogP contribution < -0.4 is 11.1 Å². The minimum Gasteiger partial charge on any atom is -0.508 e. The molecule has 0 radical (unpaired) electrons. The van der Waals surface area contributed by atoms with E-state index < -0.39 is 5.91 Å². The van der Waals surface area contributed by atoms with Gasteiger partial charge in [-0.1, -0.05) is 6.07 Å². The van der Waals surface area contributed by atoms with Crippen LogP contribution >= 0.6 is 0 Å². The third kappa shape index (κ3) is 4.98. The minimum absolute atomic E-state index is 0.0422. The Balaban J connectivity index is 1.96. The predicted octanol–water partition coefficient (Wildman–Crippen LogP) is 0.314. The zero-order valence-corrected chi connectivity index (χ0v) is 12.9. The van der Waals surface area contributed by atoms with E-state index in [2.05, 4.69) is 10.2 Å². The van der Waals surface area contributed by atoms with Crippen molar-refractivity contribution in [3.05, 3.63) is 36.0 Å². The highest BCUT2D eigenvalue weighted by molar-refractivity contribution is 6.06.